The van der Waals surface area contributed by atoms with E-state index in [-0.39, 0.29) is 29.2 Å². The van der Waals surface area contributed by atoms with E-state index < -0.39 is 22.1 Å². The summed E-state index contributed by atoms with van der Waals surface area (Å²) < 4.78 is 39.3. The summed E-state index contributed by atoms with van der Waals surface area (Å²) in [5.41, 5.74) is 1.98. The van der Waals surface area contributed by atoms with Crippen LogP contribution in [0.15, 0.2) is 76.6 Å². The van der Waals surface area contributed by atoms with Gasteiger partial charge in [0.25, 0.3) is 0 Å². The second kappa shape index (κ2) is 15.9. The van der Waals surface area contributed by atoms with Gasteiger partial charge in [-0.1, -0.05) is 47.5 Å². The quantitative estimate of drug-likeness (QED) is 0.309. The number of carbonyl (C=O) groups excluding carboxylic acids is 2. The topological polar surface area (TPSA) is 115 Å². The minimum atomic E-state index is -3.85. The molecule has 12 nitrogen and oxygen atoms in total. The number of carbonyl (C=O) groups is 2. The third-order valence-electron chi connectivity index (χ3n) is 9.33. The summed E-state index contributed by atoms with van der Waals surface area (Å²) in [6.07, 6.45) is 0. The molecule has 3 amide bonds. The molecule has 2 unspecified atom stereocenters. The van der Waals surface area contributed by atoms with Gasteiger partial charge in [0.2, 0.25) is 15.9 Å². The number of amides is 3. The standard InChI is InChI=1S/C36H42Cl2N6O6S/c1-4-50-31-14-13-29(51(47,48)40(2)3)23-30(31)35-39-33(25-5-9-27(37)10-6-25)34(26-7-11-28(38)12-8-26)44(35)36(46)43-17-15-41(16-18-43)24-32(45)42-19-21-49-22-20-42/h5-14,23,33-34H,4,15-22,24H2,1-3H3. The maximum absolute atomic E-state index is 15.0. The van der Waals surface area contributed by atoms with E-state index in [1.54, 1.807) is 40.1 Å². The van der Waals surface area contributed by atoms with Crippen LogP contribution in [0.2, 0.25) is 10.0 Å². The van der Waals surface area contributed by atoms with Crippen molar-refractivity contribution in [3.63, 3.8) is 0 Å². The SMILES string of the molecule is CCOc1ccc(S(=O)(=O)N(C)C)cc1C1=NC(c2ccc(Cl)cc2)C(c2ccc(Cl)cc2)N1C(=O)N1CCN(CC(=O)N2CCOCC2)CC1. The van der Waals surface area contributed by atoms with E-state index in [0.29, 0.717) is 80.4 Å². The Labute approximate surface area is 309 Å². The number of sulfonamides is 1. The number of benzene rings is 3. The van der Waals surface area contributed by atoms with E-state index in [9.17, 15) is 18.0 Å². The van der Waals surface area contributed by atoms with Gasteiger partial charge in [-0.3, -0.25) is 19.6 Å². The van der Waals surface area contributed by atoms with Gasteiger partial charge < -0.3 is 19.3 Å². The normalized spacial score (nSPS) is 20.1. The molecule has 2 fully saturated rings. The molecular formula is C36H42Cl2N6O6S. The van der Waals surface area contributed by atoms with Crippen molar-refractivity contribution < 1.29 is 27.5 Å². The fraction of sp³-hybridized carbons (Fsp3) is 0.417. The average Bonchev–Trinajstić information content (AvgIpc) is 3.53. The number of amidine groups is 1. The monoisotopic (exact) mass is 756 g/mol. The molecule has 0 N–H and O–H groups in total. The summed E-state index contributed by atoms with van der Waals surface area (Å²) in [5, 5.41) is 1.10. The largest absolute Gasteiger partial charge is 0.493 e. The zero-order valence-corrected chi connectivity index (χ0v) is 31.2. The van der Waals surface area contributed by atoms with Gasteiger partial charge in [0.1, 0.15) is 17.6 Å². The molecule has 0 spiro atoms. The molecule has 3 aromatic carbocycles. The lowest BCUT2D eigenvalue weighted by atomic mass is 9.93. The maximum atomic E-state index is 15.0. The van der Waals surface area contributed by atoms with Crippen molar-refractivity contribution in [2.75, 3.05) is 79.7 Å². The number of morpholine rings is 1. The Kier molecular flexibility index (Phi) is 11.5. The Morgan fingerprint density at radius 3 is 2.06 bits per heavy atom. The van der Waals surface area contributed by atoms with Gasteiger partial charge >= 0.3 is 6.03 Å². The van der Waals surface area contributed by atoms with Gasteiger partial charge in [-0.15, -0.1) is 0 Å². The van der Waals surface area contributed by atoms with E-state index >= 15 is 0 Å². The zero-order chi connectivity index (χ0) is 36.3. The van der Waals surface area contributed by atoms with Crippen LogP contribution in [0.5, 0.6) is 5.75 Å². The van der Waals surface area contributed by atoms with Crippen LogP contribution in [0.4, 0.5) is 4.79 Å². The summed E-state index contributed by atoms with van der Waals surface area (Å²) in [6, 6.07) is 17.7. The highest BCUT2D eigenvalue weighted by Gasteiger charge is 2.45. The number of hydrogen-bond donors (Lipinski definition) is 0. The molecule has 51 heavy (non-hydrogen) atoms. The summed E-state index contributed by atoms with van der Waals surface area (Å²) in [6.45, 7) is 6.43. The molecule has 3 aliphatic rings. The molecule has 0 bridgehead atoms. The van der Waals surface area contributed by atoms with Crippen LogP contribution in [0.25, 0.3) is 0 Å². The van der Waals surface area contributed by atoms with Gasteiger partial charge in [-0.2, -0.15) is 0 Å². The average molecular weight is 758 g/mol. The Hall–Kier alpha value is -3.72. The Balaban J connectivity index is 1.41. The number of hydrogen-bond acceptors (Lipinski definition) is 8. The zero-order valence-electron chi connectivity index (χ0n) is 28.9. The minimum absolute atomic E-state index is 0.0394. The number of halogens is 2. The number of ether oxygens (including phenoxy) is 2. The van der Waals surface area contributed by atoms with Crippen molar-refractivity contribution in [1.82, 2.24) is 23.9 Å². The summed E-state index contributed by atoms with van der Waals surface area (Å²) in [4.78, 5) is 40.5. The summed E-state index contributed by atoms with van der Waals surface area (Å²) in [7, 11) is -0.912. The van der Waals surface area contributed by atoms with Crippen molar-refractivity contribution in [3.05, 3.63) is 93.5 Å². The molecule has 272 valence electrons. The first-order chi connectivity index (χ1) is 24.5. The van der Waals surface area contributed by atoms with Crippen molar-refractivity contribution in [1.29, 1.82) is 0 Å². The lowest BCUT2D eigenvalue weighted by Crippen LogP contribution is -2.56. The van der Waals surface area contributed by atoms with Crippen LogP contribution in [0.1, 0.15) is 35.7 Å². The van der Waals surface area contributed by atoms with Crippen molar-refractivity contribution >= 4 is 51.0 Å². The predicted octanol–water partition coefficient (Wildman–Crippen LogP) is 4.78. The molecule has 2 atom stereocenters. The van der Waals surface area contributed by atoms with Gasteiger partial charge in [0.15, 0.2) is 0 Å². The van der Waals surface area contributed by atoms with Gasteiger partial charge in [-0.25, -0.2) is 17.5 Å². The molecule has 0 radical (unpaired) electrons. The third-order valence-corrected chi connectivity index (χ3v) is 11.6. The number of aliphatic imine (C=N–C) groups is 1. The molecule has 0 aromatic heterocycles. The molecule has 15 heteroatoms. The fourth-order valence-corrected chi connectivity index (χ4v) is 7.73. The van der Waals surface area contributed by atoms with Crippen LogP contribution < -0.4 is 4.74 Å². The second-order valence-electron chi connectivity index (χ2n) is 12.7. The molecule has 3 heterocycles. The van der Waals surface area contributed by atoms with Crippen molar-refractivity contribution in [3.8, 4) is 5.75 Å². The molecule has 0 saturated carbocycles. The minimum Gasteiger partial charge on any atom is -0.493 e. The van der Waals surface area contributed by atoms with Crippen LogP contribution >= 0.6 is 23.2 Å². The fourth-order valence-electron chi connectivity index (χ4n) is 6.54. The smallest absolute Gasteiger partial charge is 0.326 e. The number of nitrogens with zero attached hydrogens (tertiary/aromatic N) is 6. The van der Waals surface area contributed by atoms with Crippen LogP contribution in [0.3, 0.4) is 0 Å². The number of rotatable bonds is 9. The third kappa shape index (κ3) is 8.03. The van der Waals surface area contributed by atoms with E-state index in [2.05, 4.69) is 4.90 Å². The molecule has 3 aromatic rings. The van der Waals surface area contributed by atoms with E-state index in [0.717, 1.165) is 15.4 Å². The lowest BCUT2D eigenvalue weighted by Gasteiger charge is -2.39. The Bertz CT molecular complexity index is 1860. The van der Waals surface area contributed by atoms with Crippen molar-refractivity contribution in [2.24, 2.45) is 4.99 Å². The molecule has 0 aliphatic carbocycles. The van der Waals surface area contributed by atoms with Crippen LogP contribution in [-0.2, 0) is 19.6 Å². The molecular weight excluding hydrogens is 715 g/mol. The first-order valence-electron chi connectivity index (χ1n) is 16.9. The van der Waals surface area contributed by atoms with Crippen LogP contribution in [0, 0.1) is 0 Å². The molecule has 3 aliphatic heterocycles. The first-order valence-corrected chi connectivity index (χ1v) is 19.1. The van der Waals surface area contributed by atoms with Crippen molar-refractivity contribution in [2.45, 2.75) is 23.9 Å². The summed E-state index contributed by atoms with van der Waals surface area (Å²) in [5.74, 6) is 0.727. The van der Waals surface area contributed by atoms with E-state index in [4.69, 9.17) is 37.7 Å². The highest BCUT2D eigenvalue weighted by atomic mass is 35.5. The number of urea groups is 1. The number of piperazine rings is 1. The highest BCUT2D eigenvalue weighted by Crippen LogP contribution is 2.46. The second-order valence-corrected chi connectivity index (χ2v) is 15.8. The lowest BCUT2D eigenvalue weighted by molar-refractivity contribution is -0.136. The Morgan fingerprint density at radius 2 is 1.47 bits per heavy atom. The summed E-state index contributed by atoms with van der Waals surface area (Å²) >= 11 is 12.6. The van der Waals surface area contributed by atoms with Crippen LogP contribution in [-0.4, -0.2) is 130 Å². The Morgan fingerprint density at radius 1 is 0.863 bits per heavy atom. The van der Waals surface area contributed by atoms with Gasteiger partial charge in [0, 0.05) is 63.4 Å². The predicted molar refractivity (Wildman–Crippen MR) is 196 cm³/mol. The molecule has 2 saturated heterocycles. The highest BCUT2D eigenvalue weighted by molar-refractivity contribution is 7.89. The molecule has 6 rings (SSSR count). The van der Waals surface area contributed by atoms with Gasteiger partial charge in [0.05, 0.1) is 42.9 Å². The maximum Gasteiger partial charge on any atom is 0.326 e. The van der Waals surface area contributed by atoms with E-state index in [1.807, 2.05) is 36.1 Å². The van der Waals surface area contributed by atoms with Gasteiger partial charge in [-0.05, 0) is 60.5 Å². The first kappa shape index (κ1) is 37.1. The van der Waals surface area contributed by atoms with E-state index in [1.165, 1.54) is 26.2 Å².